The van der Waals surface area contributed by atoms with Gasteiger partial charge in [-0.25, -0.2) is 9.59 Å². The smallest absolute Gasteiger partial charge is 0.338 e. The molecule has 0 saturated carbocycles. The zero-order valence-electron chi connectivity index (χ0n) is 14.4. The average molecular weight is 352 g/mol. The predicted octanol–water partition coefficient (Wildman–Crippen LogP) is 3.15. The molecule has 1 unspecified atom stereocenters. The summed E-state index contributed by atoms with van der Waals surface area (Å²) in [7, 11) is 0. The van der Waals surface area contributed by atoms with Gasteiger partial charge >= 0.3 is 12.0 Å². The van der Waals surface area contributed by atoms with E-state index in [1.807, 2.05) is 37.3 Å². The van der Waals surface area contributed by atoms with Crippen LogP contribution in [0.4, 0.5) is 4.79 Å². The lowest BCUT2D eigenvalue weighted by molar-refractivity contribution is -0.140. The van der Waals surface area contributed by atoms with E-state index in [-0.39, 0.29) is 12.4 Å². The first-order chi connectivity index (χ1) is 12.6. The third-order valence-corrected chi connectivity index (χ3v) is 4.14. The third kappa shape index (κ3) is 3.85. The molecule has 2 aromatic rings. The summed E-state index contributed by atoms with van der Waals surface area (Å²) >= 11 is 0. The molecule has 2 amide bonds. The second kappa shape index (κ2) is 7.74. The maximum atomic E-state index is 12.8. The molecule has 3 rings (SSSR count). The van der Waals surface area contributed by atoms with Crippen LogP contribution in [0.3, 0.4) is 0 Å². The number of allylic oxidation sites excluding steroid dienone is 1. The van der Waals surface area contributed by atoms with Crippen molar-refractivity contribution in [1.82, 2.24) is 10.6 Å². The molecule has 26 heavy (non-hydrogen) atoms. The second-order valence-electron chi connectivity index (χ2n) is 5.93. The van der Waals surface area contributed by atoms with Crippen molar-refractivity contribution < 1.29 is 19.4 Å². The van der Waals surface area contributed by atoms with Crippen LogP contribution in [0.1, 0.15) is 30.5 Å². The second-order valence-corrected chi connectivity index (χ2v) is 5.93. The first kappa shape index (κ1) is 17.5. The monoisotopic (exact) mass is 352 g/mol. The molecule has 0 radical (unpaired) electrons. The summed E-state index contributed by atoms with van der Waals surface area (Å²) in [4.78, 5) is 24.8. The molecule has 1 aliphatic heterocycles. The lowest BCUT2D eigenvalue weighted by atomic mass is 9.94. The van der Waals surface area contributed by atoms with Crippen molar-refractivity contribution >= 4 is 12.0 Å². The Bertz CT molecular complexity index is 846. The molecular formula is C20H20N2O4. The van der Waals surface area contributed by atoms with Gasteiger partial charge in [0.05, 0.1) is 11.6 Å². The zero-order valence-corrected chi connectivity index (χ0v) is 14.4. The van der Waals surface area contributed by atoms with Crippen molar-refractivity contribution in [3.05, 3.63) is 77.0 Å². The van der Waals surface area contributed by atoms with E-state index >= 15 is 0 Å². The molecule has 1 atom stereocenters. The Kier molecular flexibility index (Phi) is 5.22. The van der Waals surface area contributed by atoms with Crippen molar-refractivity contribution in [1.29, 1.82) is 0 Å². The SMILES string of the molecule is CCC1=C(C(=O)OCc2ccccc2)C(c2cccc(O)c2)NC(=O)N1. The van der Waals surface area contributed by atoms with Gasteiger partial charge in [0.25, 0.3) is 0 Å². The molecule has 1 heterocycles. The van der Waals surface area contributed by atoms with Gasteiger partial charge in [-0.2, -0.15) is 0 Å². The Morgan fingerprint density at radius 1 is 1.15 bits per heavy atom. The lowest BCUT2D eigenvalue weighted by Gasteiger charge is -2.29. The quantitative estimate of drug-likeness (QED) is 0.722. The number of benzene rings is 2. The van der Waals surface area contributed by atoms with Gasteiger partial charge in [0.15, 0.2) is 0 Å². The van der Waals surface area contributed by atoms with Crippen LogP contribution in [-0.4, -0.2) is 17.1 Å². The van der Waals surface area contributed by atoms with E-state index < -0.39 is 18.0 Å². The number of urea groups is 1. The molecule has 6 heteroatoms. The molecule has 6 nitrogen and oxygen atoms in total. The van der Waals surface area contributed by atoms with E-state index in [1.54, 1.807) is 12.1 Å². The van der Waals surface area contributed by atoms with Crippen LogP contribution in [-0.2, 0) is 16.1 Å². The van der Waals surface area contributed by atoms with Crippen molar-refractivity contribution in [3.63, 3.8) is 0 Å². The first-order valence-corrected chi connectivity index (χ1v) is 8.39. The van der Waals surface area contributed by atoms with Crippen molar-refractivity contribution in [2.45, 2.75) is 26.0 Å². The summed E-state index contributed by atoms with van der Waals surface area (Å²) in [5.74, 6) is -0.447. The highest BCUT2D eigenvalue weighted by atomic mass is 16.5. The third-order valence-electron chi connectivity index (χ3n) is 4.14. The van der Waals surface area contributed by atoms with Crippen LogP contribution in [0.15, 0.2) is 65.9 Å². The molecule has 0 spiro atoms. The average Bonchev–Trinajstić information content (AvgIpc) is 2.66. The number of carbonyl (C=O) groups excluding carboxylic acids is 2. The fourth-order valence-corrected chi connectivity index (χ4v) is 2.89. The molecule has 1 aliphatic rings. The number of nitrogens with one attached hydrogen (secondary N) is 2. The Morgan fingerprint density at radius 3 is 2.62 bits per heavy atom. The summed E-state index contributed by atoms with van der Waals surface area (Å²) in [5, 5.41) is 15.2. The van der Waals surface area contributed by atoms with Gasteiger partial charge in [0.1, 0.15) is 12.4 Å². The summed E-state index contributed by atoms with van der Waals surface area (Å²) in [6, 6.07) is 14.8. The van der Waals surface area contributed by atoms with E-state index in [2.05, 4.69) is 10.6 Å². The van der Waals surface area contributed by atoms with E-state index in [1.165, 1.54) is 12.1 Å². The summed E-state index contributed by atoms with van der Waals surface area (Å²) in [5.41, 5.74) is 2.34. The lowest BCUT2D eigenvalue weighted by Crippen LogP contribution is -2.45. The Morgan fingerprint density at radius 2 is 1.92 bits per heavy atom. The largest absolute Gasteiger partial charge is 0.508 e. The fraction of sp³-hybridized carbons (Fsp3) is 0.200. The van der Waals surface area contributed by atoms with Crippen LogP contribution >= 0.6 is 0 Å². The Labute approximate surface area is 151 Å². The maximum Gasteiger partial charge on any atom is 0.338 e. The van der Waals surface area contributed by atoms with Crippen LogP contribution < -0.4 is 10.6 Å². The van der Waals surface area contributed by atoms with Crippen molar-refractivity contribution in [2.24, 2.45) is 0 Å². The zero-order chi connectivity index (χ0) is 18.5. The van der Waals surface area contributed by atoms with Gasteiger partial charge in [-0.3, -0.25) is 0 Å². The summed E-state index contributed by atoms with van der Waals surface area (Å²) < 4.78 is 5.47. The summed E-state index contributed by atoms with van der Waals surface area (Å²) in [6.07, 6.45) is 0.471. The Hall–Kier alpha value is -3.28. The molecule has 0 saturated heterocycles. The van der Waals surface area contributed by atoms with E-state index in [4.69, 9.17) is 4.74 Å². The van der Waals surface area contributed by atoms with Crippen LogP contribution in [0, 0.1) is 0 Å². The number of esters is 1. The minimum Gasteiger partial charge on any atom is -0.508 e. The van der Waals surface area contributed by atoms with Gasteiger partial charge in [-0.15, -0.1) is 0 Å². The normalized spacial score (nSPS) is 16.7. The highest BCUT2D eigenvalue weighted by Crippen LogP contribution is 2.30. The van der Waals surface area contributed by atoms with Crippen LogP contribution in [0.5, 0.6) is 5.75 Å². The number of carbonyl (C=O) groups is 2. The minimum absolute atomic E-state index is 0.0605. The molecule has 2 aromatic carbocycles. The molecule has 0 aromatic heterocycles. The van der Waals surface area contributed by atoms with Gasteiger partial charge in [-0.1, -0.05) is 49.4 Å². The fourth-order valence-electron chi connectivity index (χ4n) is 2.89. The molecule has 0 fully saturated rings. The van der Waals surface area contributed by atoms with Gasteiger partial charge in [0, 0.05) is 5.70 Å². The van der Waals surface area contributed by atoms with Gasteiger partial charge in [-0.05, 0) is 29.7 Å². The number of hydrogen-bond donors (Lipinski definition) is 3. The number of amides is 2. The number of aromatic hydroxyl groups is 1. The van der Waals surface area contributed by atoms with Crippen molar-refractivity contribution in [3.8, 4) is 5.75 Å². The van der Waals surface area contributed by atoms with E-state index in [0.717, 1.165) is 5.56 Å². The topological polar surface area (TPSA) is 87.7 Å². The molecule has 0 aliphatic carbocycles. The standard InChI is InChI=1S/C20H20N2O4/c1-2-16-17(19(24)26-12-13-7-4-3-5-8-13)18(22-20(25)21-16)14-9-6-10-15(23)11-14/h3-11,18,23H,2,12H2,1H3,(H2,21,22,25). The molecule has 0 bridgehead atoms. The van der Waals surface area contributed by atoms with Crippen molar-refractivity contribution in [2.75, 3.05) is 0 Å². The minimum atomic E-state index is -0.686. The molecule has 134 valence electrons. The number of phenolic OH excluding ortho intramolecular Hbond substituents is 1. The predicted molar refractivity (Wildman–Crippen MR) is 96.1 cm³/mol. The van der Waals surface area contributed by atoms with Crippen LogP contribution in [0.2, 0.25) is 0 Å². The Balaban J connectivity index is 1.90. The first-order valence-electron chi connectivity index (χ1n) is 8.39. The number of rotatable bonds is 5. The molecule has 3 N–H and O–H groups in total. The van der Waals surface area contributed by atoms with E-state index in [0.29, 0.717) is 23.3 Å². The highest BCUT2D eigenvalue weighted by Gasteiger charge is 2.33. The number of phenols is 1. The van der Waals surface area contributed by atoms with E-state index in [9.17, 15) is 14.7 Å². The number of ether oxygens (including phenoxy) is 1. The van der Waals surface area contributed by atoms with Gasteiger partial charge in [0.2, 0.25) is 0 Å². The summed E-state index contributed by atoms with van der Waals surface area (Å²) in [6.45, 7) is 1.99. The highest BCUT2D eigenvalue weighted by molar-refractivity contribution is 5.95. The molecular weight excluding hydrogens is 332 g/mol. The number of hydrogen-bond acceptors (Lipinski definition) is 4. The van der Waals surface area contributed by atoms with Crippen LogP contribution in [0.25, 0.3) is 0 Å². The maximum absolute atomic E-state index is 12.8. The van der Waals surface area contributed by atoms with Gasteiger partial charge < -0.3 is 20.5 Å².